The number of esters is 1. The van der Waals surface area contributed by atoms with Crippen molar-refractivity contribution in [2.24, 2.45) is 0 Å². The van der Waals surface area contributed by atoms with Crippen LogP contribution in [0.5, 0.6) is 17.2 Å². The van der Waals surface area contributed by atoms with Gasteiger partial charge in [-0.2, -0.15) is 0 Å². The quantitative estimate of drug-likeness (QED) is 0.714. The molecule has 0 bridgehead atoms. The zero-order valence-corrected chi connectivity index (χ0v) is 14.8. The van der Waals surface area contributed by atoms with Crippen molar-refractivity contribution in [1.82, 2.24) is 10.3 Å². The van der Waals surface area contributed by atoms with Gasteiger partial charge in [0.2, 0.25) is 5.75 Å². The molecule has 0 unspecified atom stereocenters. The van der Waals surface area contributed by atoms with E-state index in [4.69, 9.17) is 18.9 Å². The number of methoxy groups -OCH3 is 3. The predicted molar refractivity (Wildman–Crippen MR) is 92.5 cm³/mol. The molecule has 1 heterocycles. The lowest BCUT2D eigenvalue weighted by molar-refractivity contribution is -0.124. The highest BCUT2D eigenvalue weighted by molar-refractivity contribution is 5.91. The van der Waals surface area contributed by atoms with Crippen molar-refractivity contribution in [3.63, 3.8) is 0 Å². The van der Waals surface area contributed by atoms with Crippen molar-refractivity contribution in [3.8, 4) is 17.2 Å². The van der Waals surface area contributed by atoms with E-state index in [1.807, 2.05) is 0 Å². The smallest absolute Gasteiger partial charge is 0.338 e. The molecule has 1 amide bonds. The second-order valence-electron chi connectivity index (χ2n) is 5.12. The Labute approximate surface area is 151 Å². The maximum atomic E-state index is 11.9. The lowest BCUT2D eigenvalue weighted by atomic mass is 10.1. The molecule has 1 aromatic carbocycles. The summed E-state index contributed by atoms with van der Waals surface area (Å²) in [7, 11) is 4.54. The summed E-state index contributed by atoms with van der Waals surface area (Å²) in [5, 5.41) is 2.67. The Balaban J connectivity index is 1.92. The minimum Gasteiger partial charge on any atom is -0.493 e. The van der Waals surface area contributed by atoms with Crippen LogP contribution in [-0.2, 0) is 16.1 Å². The van der Waals surface area contributed by atoms with Crippen LogP contribution in [-0.4, -0.2) is 44.8 Å². The third kappa shape index (κ3) is 4.85. The van der Waals surface area contributed by atoms with Crippen LogP contribution in [0.3, 0.4) is 0 Å². The van der Waals surface area contributed by atoms with Crippen molar-refractivity contribution in [2.75, 3.05) is 27.9 Å². The number of nitrogens with zero attached hydrogens (tertiary/aromatic N) is 1. The molecule has 26 heavy (non-hydrogen) atoms. The lowest BCUT2D eigenvalue weighted by Gasteiger charge is -2.14. The summed E-state index contributed by atoms with van der Waals surface area (Å²) >= 11 is 0. The first-order valence-corrected chi connectivity index (χ1v) is 7.71. The van der Waals surface area contributed by atoms with Gasteiger partial charge in [0.05, 0.1) is 26.9 Å². The van der Waals surface area contributed by atoms with Crippen LogP contribution in [0.2, 0.25) is 0 Å². The summed E-state index contributed by atoms with van der Waals surface area (Å²) in [6, 6.07) is 6.47. The minimum atomic E-state index is -0.588. The Morgan fingerprint density at radius 3 is 2.15 bits per heavy atom. The van der Waals surface area contributed by atoms with Crippen LogP contribution in [0.15, 0.2) is 36.7 Å². The van der Waals surface area contributed by atoms with E-state index in [-0.39, 0.29) is 13.2 Å². The number of ether oxygens (including phenoxy) is 4. The van der Waals surface area contributed by atoms with Crippen LogP contribution in [0.25, 0.3) is 0 Å². The van der Waals surface area contributed by atoms with Gasteiger partial charge in [-0.05, 0) is 29.8 Å². The number of carbonyl (C=O) groups is 2. The van der Waals surface area contributed by atoms with E-state index in [1.165, 1.54) is 45.9 Å². The Morgan fingerprint density at radius 2 is 1.62 bits per heavy atom. The van der Waals surface area contributed by atoms with Gasteiger partial charge in [0.25, 0.3) is 5.91 Å². The van der Waals surface area contributed by atoms with E-state index in [9.17, 15) is 9.59 Å². The summed E-state index contributed by atoms with van der Waals surface area (Å²) < 4.78 is 20.7. The van der Waals surface area contributed by atoms with Crippen molar-refractivity contribution >= 4 is 11.9 Å². The number of benzene rings is 1. The monoisotopic (exact) mass is 360 g/mol. The van der Waals surface area contributed by atoms with Crippen molar-refractivity contribution in [2.45, 2.75) is 6.54 Å². The SMILES string of the molecule is COc1cc(CNC(=O)COC(=O)c2ccncc2)cc(OC)c1OC. The van der Waals surface area contributed by atoms with E-state index in [1.54, 1.807) is 12.1 Å². The van der Waals surface area contributed by atoms with Crippen LogP contribution < -0.4 is 19.5 Å². The molecule has 2 aromatic rings. The topological polar surface area (TPSA) is 96.0 Å². The number of pyridine rings is 1. The van der Waals surface area contributed by atoms with Gasteiger partial charge in [-0.15, -0.1) is 0 Å². The maximum absolute atomic E-state index is 11.9. The standard InChI is InChI=1S/C18H20N2O6/c1-23-14-8-12(9-15(24-2)17(14)25-3)10-20-16(21)11-26-18(22)13-4-6-19-7-5-13/h4-9H,10-11H2,1-3H3,(H,20,21). The summed E-state index contributed by atoms with van der Waals surface area (Å²) in [5.74, 6) is 0.424. The van der Waals surface area contributed by atoms with Gasteiger partial charge in [0, 0.05) is 18.9 Å². The van der Waals surface area contributed by atoms with Gasteiger partial charge in [-0.1, -0.05) is 0 Å². The molecule has 138 valence electrons. The average Bonchev–Trinajstić information content (AvgIpc) is 2.69. The van der Waals surface area contributed by atoms with Gasteiger partial charge >= 0.3 is 5.97 Å². The van der Waals surface area contributed by atoms with Gasteiger partial charge < -0.3 is 24.3 Å². The normalized spacial score (nSPS) is 9.96. The predicted octanol–water partition coefficient (Wildman–Crippen LogP) is 1.58. The van der Waals surface area contributed by atoms with Gasteiger partial charge in [0.1, 0.15) is 0 Å². The van der Waals surface area contributed by atoms with Gasteiger partial charge in [0.15, 0.2) is 18.1 Å². The zero-order valence-electron chi connectivity index (χ0n) is 14.8. The molecule has 0 aliphatic rings. The molecule has 0 fully saturated rings. The average molecular weight is 360 g/mol. The first kappa shape index (κ1) is 19.0. The molecule has 0 spiro atoms. The first-order chi connectivity index (χ1) is 12.6. The van der Waals surface area contributed by atoms with E-state index in [0.717, 1.165) is 5.56 Å². The molecular weight excluding hydrogens is 340 g/mol. The van der Waals surface area contributed by atoms with Crippen molar-refractivity contribution in [1.29, 1.82) is 0 Å². The largest absolute Gasteiger partial charge is 0.493 e. The molecule has 0 atom stereocenters. The highest BCUT2D eigenvalue weighted by Crippen LogP contribution is 2.38. The molecule has 0 aliphatic carbocycles. The number of carbonyl (C=O) groups excluding carboxylic acids is 2. The van der Waals surface area contributed by atoms with Crippen LogP contribution in [0, 0.1) is 0 Å². The first-order valence-electron chi connectivity index (χ1n) is 7.71. The fourth-order valence-electron chi connectivity index (χ4n) is 2.19. The van der Waals surface area contributed by atoms with Crippen LogP contribution in [0.1, 0.15) is 15.9 Å². The van der Waals surface area contributed by atoms with Crippen LogP contribution >= 0.6 is 0 Å². The molecule has 2 rings (SSSR count). The highest BCUT2D eigenvalue weighted by atomic mass is 16.5. The van der Waals surface area contributed by atoms with Gasteiger partial charge in [-0.3, -0.25) is 9.78 Å². The molecule has 8 heteroatoms. The fourth-order valence-corrected chi connectivity index (χ4v) is 2.19. The summed E-state index contributed by atoms with van der Waals surface area (Å²) in [4.78, 5) is 27.5. The van der Waals surface area contributed by atoms with Crippen LogP contribution in [0.4, 0.5) is 0 Å². The van der Waals surface area contributed by atoms with E-state index in [0.29, 0.717) is 22.8 Å². The summed E-state index contributed by atoms with van der Waals surface area (Å²) in [5.41, 5.74) is 1.07. The third-order valence-corrected chi connectivity index (χ3v) is 3.46. The summed E-state index contributed by atoms with van der Waals surface area (Å²) in [6.45, 7) is -0.173. The Morgan fingerprint density at radius 1 is 1.00 bits per heavy atom. The molecule has 0 radical (unpaired) electrons. The molecule has 1 N–H and O–H groups in total. The number of rotatable bonds is 8. The molecule has 0 saturated carbocycles. The second kappa shape index (κ2) is 9.26. The third-order valence-electron chi connectivity index (χ3n) is 3.46. The zero-order chi connectivity index (χ0) is 18.9. The Bertz CT molecular complexity index is 739. The van der Waals surface area contributed by atoms with Crippen molar-refractivity contribution in [3.05, 3.63) is 47.8 Å². The maximum Gasteiger partial charge on any atom is 0.338 e. The van der Waals surface area contributed by atoms with Gasteiger partial charge in [-0.25, -0.2) is 4.79 Å². The van der Waals surface area contributed by atoms with Crippen molar-refractivity contribution < 1.29 is 28.5 Å². The number of amides is 1. The molecular formula is C18H20N2O6. The highest BCUT2D eigenvalue weighted by Gasteiger charge is 2.14. The molecule has 1 aromatic heterocycles. The summed E-state index contributed by atoms with van der Waals surface area (Å²) in [6.07, 6.45) is 2.95. The number of aromatic nitrogens is 1. The number of nitrogens with one attached hydrogen (secondary N) is 1. The van der Waals surface area contributed by atoms with E-state index in [2.05, 4.69) is 10.3 Å². The second-order valence-corrected chi connectivity index (χ2v) is 5.12. The number of hydrogen-bond acceptors (Lipinski definition) is 7. The molecule has 0 saturated heterocycles. The molecule has 0 aliphatic heterocycles. The fraction of sp³-hybridized carbons (Fsp3) is 0.278. The Hall–Kier alpha value is -3.29. The molecule has 8 nitrogen and oxygen atoms in total. The Kier molecular flexibility index (Phi) is 6.78. The van der Waals surface area contributed by atoms with E-state index < -0.39 is 11.9 Å². The lowest BCUT2D eigenvalue weighted by Crippen LogP contribution is -2.28. The van der Waals surface area contributed by atoms with E-state index >= 15 is 0 Å². The number of hydrogen-bond donors (Lipinski definition) is 1. The minimum absolute atomic E-state index is 0.211.